The van der Waals surface area contributed by atoms with Crippen molar-refractivity contribution in [1.29, 1.82) is 0 Å². The summed E-state index contributed by atoms with van der Waals surface area (Å²) in [6, 6.07) is 0. The van der Waals surface area contributed by atoms with Crippen LogP contribution in [0.5, 0.6) is 0 Å². The molecule has 0 aliphatic carbocycles. The number of ether oxygens (including phenoxy) is 1. The van der Waals surface area contributed by atoms with Crippen molar-refractivity contribution in [2.45, 2.75) is 45.2 Å². The maximum Gasteiger partial charge on any atom is 0.115 e. The van der Waals surface area contributed by atoms with E-state index in [4.69, 9.17) is 9.84 Å². The lowest BCUT2D eigenvalue weighted by molar-refractivity contribution is -0.186. The third-order valence-electron chi connectivity index (χ3n) is 2.23. The average molecular weight is 189 g/mol. The molecule has 0 unspecified atom stereocenters. The number of aliphatic hydroxyl groups excluding tert-OH is 3. The SMILES string of the molecule is CC(C)(C)[C@H]1O[CH][C@@H](O)[C@H](O)[C@H]1O. The standard InChI is InChI=1S/C9H17O4/c1-9(2,3)8-7(12)6(11)5(10)4-13-8/h4-8,10-12H,1-3H3/t5-,6+,7-,8+/m1/s1. The van der Waals surface area contributed by atoms with Crippen LogP contribution < -0.4 is 0 Å². The first-order valence-electron chi connectivity index (χ1n) is 4.37. The van der Waals surface area contributed by atoms with Gasteiger partial charge in [0, 0.05) is 0 Å². The van der Waals surface area contributed by atoms with E-state index in [-0.39, 0.29) is 5.41 Å². The van der Waals surface area contributed by atoms with E-state index in [1.54, 1.807) is 0 Å². The Bertz CT molecular complexity index is 175. The predicted molar refractivity (Wildman–Crippen MR) is 46.6 cm³/mol. The molecule has 77 valence electrons. The van der Waals surface area contributed by atoms with Crippen LogP contribution in [0.25, 0.3) is 0 Å². The molecule has 1 radical (unpaired) electrons. The second-order valence-electron chi connectivity index (χ2n) is 4.53. The number of hydrogen-bond donors (Lipinski definition) is 3. The van der Waals surface area contributed by atoms with Crippen LogP contribution in [-0.2, 0) is 4.74 Å². The minimum absolute atomic E-state index is 0.267. The van der Waals surface area contributed by atoms with Gasteiger partial charge in [-0.15, -0.1) is 0 Å². The summed E-state index contributed by atoms with van der Waals surface area (Å²) < 4.78 is 5.15. The Balaban J connectivity index is 2.70. The molecule has 0 bridgehead atoms. The largest absolute Gasteiger partial charge is 0.388 e. The Morgan fingerprint density at radius 1 is 1.08 bits per heavy atom. The molecule has 1 saturated heterocycles. The Labute approximate surface area is 78.1 Å². The Kier molecular flexibility index (Phi) is 2.97. The normalized spacial score (nSPS) is 42.0. The molecule has 4 heteroatoms. The molecule has 1 aliphatic rings. The lowest BCUT2D eigenvalue weighted by Crippen LogP contribution is -2.55. The zero-order chi connectivity index (χ0) is 10.2. The number of aliphatic hydroxyl groups is 3. The van der Waals surface area contributed by atoms with Crippen molar-refractivity contribution in [2.24, 2.45) is 5.41 Å². The highest BCUT2D eigenvalue weighted by molar-refractivity contribution is 4.96. The van der Waals surface area contributed by atoms with Crippen molar-refractivity contribution >= 4 is 0 Å². The summed E-state index contributed by atoms with van der Waals surface area (Å²) in [6.07, 6.45) is -3.78. The lowest BCUT2D eigenvalue weighted by atomic mass is 9.81. The zero-order valence-electron chi connectivity index (χ0n) is 8.14. The minimum Gasteiger partial charge on any atom is -0.388 e. The van der Waals surface area contributed by atoms with Crippen LogP contribution in [0.4, 0.5) is 0 Å². The van der Waals surface area contributed by atoms with Crippen LogP contribution in [0.1, 0.15) is 20.8 Å². The van der Waals surface area contributed by atoms with Gasteiger partial charge in [0.05, 0.1) is 6.10 Å². The minimum atomic E-state index is -1.15. The van der Waals surface area contributed by atoms with Crippen molar-refractivity contribution in [2.75, 3.05) is 0 Å². The van der Waals surface area contributed by atoms with E-state index in [0.717, 1.165) is 0 Å². The van der Waals surface area contributed by atoms with E-state index in [1.807, 2.05) is 20.8 Å². The van der Waals surface area contributed by atoms with Crippen LogP contribution in [0.15, 0.2) is 0 Å². The molecule has 0 saturated carbocycles. The van der Waals surface area contributed by atoms with Gasteiger partial charge in [0.15, 0.2) is 0 Å². The van der Waals surface area contributed by atoms with E-state index in [0.29, 0.717) is 0 Å². The molecule has 1 aliphatic heterocycles. The van der Waals surface area contributed by atoms with Crippen molar-refractivity contribution in [1.82, 2.24) is 0 Å². The van der Waals surface area contributed by atoms with Crippen molar-refractivity contribution in [3.8, 4) is 0 Å². The summed E-state index contributed by atoms with van der Waals surface area (Å²) in [7, 11) is 0. The quantitative estimate of drug-likeness (QED) is 0.488. The third kappa shape index (κ3) is 2.20. The van der Waals surface area contributed by atoms with E-state index in [9.17, 15) is 10.2 Å². The van der Waals surface area contributed by atoms with Gasteiger partial charge in [0.2, 0.25) is 0 Å². The Morgan fingerprint density at radius 2 is 1.62 bits per heavy atom. The molecule has 0 aromatic rings. The highest BCUT2D eigenvalue weighted by atomic mass is 16.5. The summed E-state index contributed by atoms with van der Waals surface area (Å²) in [6.45, 7) is 6.88. The van der Waals surface area contributed by atoms with Gasteiger partial charge in [-0.1, -0.05) is 20.8 Å². The van der Waals surface area contributed by atoms with E-state index in [1.165, 1.54) is 6.61 Å². The summed E-state index contributed by atoms with van der Waals surface area (Å²) in [4.78, 5) is 0. The predicted octanol–water partition coefficient (Wildman–Crippen LogP) is -0.324. The molecular weight excluding hydrogens is 172 g/mol. The number of hydrogen-bond acceptors (Lipinski definition) is 4. The monoisotopic (exact) mass is 189 g/mol. The molecule has 0 aromatic heterocycles. The summed E-state index contributed by atoms with van der Waals surface area (Å²) in [5, 5.41) is 28.1. The van der Waals surface area contributed by atoms with E-state index in [2.05, 4.69) is 0 Å². The second kappa shape index (κ2) is 3.53. The molecule has 13 heavy (non-hydrogen) atoms. The highest BCUT2D eigenvalue weighted by Gasteiger charge is 2.43. The zero-order valence-corrected chi connectivity index (χ0v) is 8.14. The van der Waals surface area contributed by atoms with Gasteiger partial charge in [-0.2, -0.15) is 0 Å². The van der Waals surface area contributed by atoms with Crippen molar-refractivity contribution < 1.29 is 20.1 Å². The first kappa shape index (κ1) is 10.9. The highest BCUT2D eigenvalue weighted by Crippen LogP contribution is 2.31. The topological polar surface area (TPSA) is 69.9 Å². The average Bonchev–Trinajstić information content (AvgIpc) is 1.98. The summed E-state index contributed by atoms with van der Waals surface area (Å²) in [5.41, 5.74) is -0.267. The van der Waals surface area contributed by atoms with Gasteiger partial charge in [0.1, 0.15) is 24.9 Å². The molecule has 0 amide bonds. The van der Waals surface area contributed by atoms with Gasteiger partial charge in [0.25, 0.3) is 0 Å². The van der Waals surface area contributed by atoms with Crippen molar-refractivity contribution in [3.05, 3.63) is 6.61 Å². The van der Waals surface area contributed by atoms with E-state index >= 15 is 0 Å². The first-order valence-corrected chi connectivity index (χ1v) is 4.37. The van der Waals surface area contributed by atoms with Crippen LogP contribution in [0.2, 0.25) is 0 Å². The first-order chi connectivity index (χ1) is 5.84. The molecular formula is C9H17O4. The fraction of sp³-hybridized carbons (Fsp3) is 0.889. The van der Waals surface area contributed by atoms with Crippen LogP contribution >= 0.6 is 0 Å². The second-order valence-corrected chi connectivity index (χ2v) is 4.53. The van der Waals surface area contributed by atoms with Gasteiger partial charge in [-0.05, 0) is 5.41 Å². The molecule has 3 N–H and O–H groups in total. The molecule has 0 spiro atoms. The number of rotatable bonds is 0. The lowest BCUT2D eigenvalue weighted by Gasteiger charge is -2.41. The van der Waals surface area contributed by atoms with Gasteiger partial charge < -0.3 is 20.1 Å². The smallest absolute Gasteiger partial charge is 0.115 e. The maximum atomic E-state index is 9.59. The molecule has 1 rings (SSSR count). The van der Waals surface area contributed by atoms with Crippen molar-refractivity contribution in [3.63, 3.8) is 0 Å². The molecule has 0 aromatic carbocycles. The van der Waals surface area contributed by atoms with E-state index < -0.39 is 24.4 Å². The molecule has 4 atom stereocenters. The Hall–Kier alpha value is -0.160. The van der Waals surface area contributed by atoms with Gasteiger partial charge in [-0.25, -0.2) is 0 Å². The van der Waals surface area contributed by atoms with Gasteiger partial charge in [-0.3, -0.25) is 0 Å². The van der Waals surface area contributed by atoms with Crippen LogP contribution in [0, 0.1) is 12.0 Å². The fourth-order valence-corrected chi connectivity index (χ4v) is 1.42. The Morgan fingerprint density at radius 3 is 2.08 bits per heavy atom. The molecule has 4 nitrogen and oxygen atoms in total. The molecule has 1 heterocycles. The fourth-order valence-electron chi connectivity index (χ4n) is 1.42. The van der Waals surface area contributed by atoms with Crippen LogP contribution in [-0.4, -0.2) is 39.7 Å². The summed E-state index contributed by atoms with van der Waals surface area (Å²) in [5.74, 6) is 0. The molecule has 1 fully saturated rings. The van der Waals surface area contributed by atoms with Crippen LogP contribution in [0.3, 0.4) is 0 Å². The summed E-state index contributed by atoms with van der Waals surface area (Å²) >= 11 is 0. The van der Waals surface area contributed by atoms with Gasteiger partial charge >= 0.3 is 0 Å². The third-order valence-corrected chi connectivity index (χ3v) is 2.23. The maximum absolute atomic E-state index is 9.59.